The van der Waals surface area contributed by atoms with E-state index in [1.165, 1.54) is 0 Å². The zero-order valence-electron chi connectivity index (χ0n) is 18.3. The molecule has 1 fully saturated rings. The molecule has 0 aliphatic carbocycles. The second-order valence-corrected chi connectivity index (χ2v) is 8.32. The van der Waals surface area contributed by atoms with Crippen LogP contribution >= 0.6 is 11.6 Å². The second kappa shape index (κ2) is 10.2. The van der Waals surface area contributed by atoms with Crippen molar-refractivity contribution < 1.29 is 19.4 Å². The number of piperidine rings is 1. The normalized spacial score (nSPS) is 14.6. The SMILES string of the molecule is CCOC(=O)N1CCC(NCc2c(C(=O)O)c(C)n(Cc3ccc(Cl)cc3)c2C)CC1. The maximum Gasteiger partial charge on any atom is 0.409 e. The fourth-order valence-corrected chi connectivity index (χ4v) is 4.31. The molecule has 1 aromatic heterocycles. The van der Waals surface area contributed by atoms with Gasteiger partial charge in [0.2, 0.25) is 0 Å². The van der Waals surface area contributed by atoms with E-state index in [1.807, 2.05) is 42.7 Å². The number of benzene rings is 1. The Morgan fingerprint density at radius 3 is 2.39 bits per heavy atom. The zero-order chi connectivity index (χ0) is 22.5. The summed E-state index contributed by atoms with van der Waals surface area (Å²) in [5.74, 6) is -0.913. The van der Waals surface area contributed by atoms with Crippen LogP contribution in [0.5, 0.6) is 0 Å². The van der Waals surface area contributed by atoms with E-state index >= 15 is 0 Å². The highest BCUT2D eigenvalue weighted by Crippen LogP contribution is 2.25. The van der Waals surface area contributed by atoms with Crippen molar-refractivity contribution in [3.8, 4) is 0 Å². The Labute approximate surface area is 187 Å². The number of carboxylic acid groups (broad SMARTS) is 1. The van der Waals surface area contributed by atoms with Crippen molar-refractivity contribution in [3.63, 3.8) is 0 Å². The first kappa shape index (κ1) is 23.2. The van der Waals surface area contributed by atoms with Crippen LogP contribution in [0.15, 0.2) is 24.3 Å². The Kier molecular flexibility index (Phi) is 7.62. The molecule has 1 aromatic carbocycles. The van der Waals surface area contributed by atoms with E-state index in [1.54, 1.807) is 11.8 Å². The number of hydrogen-bond acceptors (Lipinski definition) is 4. The predicted octanol–water partition coefficient (Wildman–Crippen LogP) is 4.22. The van der Waals surface area contributed by atoms with Crippen LogP contribution in [-0.4, -0.2) is 52.4 Å². The van der Waals surface area contributed by atoms with Gasteiger partial charge < -0.3 is 24.6 Å². The lowest BCUT2D eigenvalue weighted by Crippen LogP contribution is -2.45. The van der Waals surface area contributed by atoms with Crippen molar-refractivity contribution in [2.24, 2.45) is 0 Å². The average molecular weight is 448 g/mol. The van der Waals surface area contributed by atoms with Crippen LogP contribution in [0.25, 0.3) is 0 Å². The minimum absolute atomic E-state index is 0.228. The third kappa shape index (κ3) is 5.40. The smallest absolute Gasteiger partial charge is 0.409 e. The lowest BCUT2D eigenvalue weighted by molar-refractivity contribution is 0.0693. The van der Waals surface area contributed by atoms with Gasteiger partial charge in [0.15, 0.2) is 0 Å². The van der Waals surface area contributed by atoms with Crippen LogP contribution in [0.3, 0.4) is 0 Å². The van der Waals surface area contributed by atoms with Gasteiger partial charge >= 0.3 is 12.1 Å². The summed E-state index contributed by atoms with van der Waals surface area (Å²) in [5.41, 5.74) is 3.93. The number of carbonyl (C=O) groups excluding carboxylic acids is 1. The molecule has 1 aliphatic rings. The van der Waals surface area contributed by atoms with Gasteiger partial charge in [0, 0.05) is 54.2 Å². The molecule has 2 N–H and O–H groups in total. The molecule has 2 aromatic rings. The van der Waals surface area contributed by atoms with Crippen LogP contribution in [-0.2, 0) is 17.8 Å². The Morgan fingerprint density at radius 2 is 1.81 bits per heavy atom. The molecule has 1 saturated heterocycles. The largest absolute Gasteiger partial charge is 0.478 e. The monoisotopic (exact) mass is 447 g/mol. The number of carboxylic acids is 1. The first-order valence-corrected chi connectivity index (χ1v) is 11.0. The fourth-order valence-electron chi connectivity index (χ4n) is 4.19. The minimum atomic E-state index is -0.913. The summed E-state index contributed by atoms with van der Waals surface area (Å²) < 4.78 is 7.11. The summed E-state index contributed by atoms with van der Waals surface area (Å²) in [7, 11) is 0. The molecular formula is C23H30ClN3O4. The van der Waals surface area contributed by atoms with Crippen molar-refractivity contribution in [1.29, 1.82) is 0 Å². The van der Waals surface area contributed by atoms with Gasteiger partial charge in [-0.3, -0.25) is 0 Å². The third-order valence-electron chi connectivity index (χ3n) is 5.97. The number of nitrogens with one attached hydrogen (secondary N) is 1. The average Bonchev–Trinajstić information content (AvgIpc) is 2.98. The Bertz CT molecular complexity index is 931. The molecule has 0 radical (unpaired) electrons. The van der Waals surface area contributed by atoms with Gasteiger partial charge in [-0.05, 0) is 51.3 Å². The van der Waals surface area contributed by atoms with E-state index in [4.69, 9.17) is 16.3 Å². The van der Waals surface area contributed by atoms with E-state index in [9.17, 15) is 14.7 Å². The molecule has 0 saturated carbocycles. The number of likely N-dealkylation sites (tertiary alicyclic amines) is 1. The molecule has 7 nitrogen and oxygen atoms in total. The van der Waals surface area contributed by atoms with Crippen molar-refractivity contribution in [1.82, 2.24) is 14.8 Å². The molecule has 31 heavy (non-hydrogen) atoms. The molecule has 0 atom stereocenters. The molecular weight excluding hydrogens is 418 g/mol. The third-order valence-corrected chi connectivity index (χ3v) is 6.22. The minimum Gasteiger partial charge on any atom is -0.478 e. The van der Waals surface area contributed by atoms with Crippen molar-refractivity contribution in [3.05, 3.63) is 57.4 Å². The molecule has 168 valence electrons. The molecule has 3 rings (SSSR count). The summed E-state index contributed by atoms with van der Waals surface area (Å²) >= 11 is 5.98. The summed E-state index contributed by atoms with van der Waals surface area (Å²) in [6.07, 6.45) is 1.36. The summed E-state index contributed by atoms with van der Waals surface area (Å²) in [6, 6.07) is 7.82. The number of amides is 1. The van der Waals surface area contributed by atoms with Gasteiger partial charge in [0.1, 0.15) is 0 Å². The maximum atomic E-state index is 12.0. The molecule has 0 spiro atoms. The molecule has 0 bridgehead atoms. The molecule has 8 heteroatoms. The van der Waals surface area contributed by atoms with Crippen LogP contribution in [0.4, 0.5) is 4.79 Å². The molecule has 2 heterocycles. The summed E-state index contributed by atoms with van der Waals surface area (Å²) in [4.78, 5) is 25.6. The lowest BCUT2D eigenvalue weighted by Gasteiger charge is -2.31. The van der Waals surface area contributed by atoms with Crippen LogP contribution in [0, 0.1) is 13.8 Å². The topological polar surface area (TPSA) is 83.8 Å². The quantitative estimate of drug-likeness (QED) is 0.664. The van der Waals surface area contributed by atoms with Gasteiger partial charge in [-0.2, -0.15) is 0 Å². The number of carbonyl (C=O) groups is 2. The van der Waals surface area contributed by atoms with E-state index < -0.39 is 5.97 Å². The van der Waals surface area contributed by atoms with Gasteiger partial charge in [0.05, 0.1) is 12.2 Å². The number of aromatic nitrogens is 1. The first-order valence-electron chi connectivity index (χ1n) is 10.6. The fraction of sp³-hybridized carbons (Fsp3) is 0.478. The van der Waals surface area contributed by atoms with Gasteiger partial charge in [-0.1, -0.05) is 23.7 Å². The highest BCUT2D eigenvalue weighted by molar-refractivity contribution is 6.30. The Hall–Kier alpha value is -2.51. The summed E-state index contributed by atoms with van der Waals surface area (Å²) in [6.45, 7) is 8.34. The Morgan fingerprint density at radius 1 is 1.16 bits per heavy atom. The van der Waals surface area contributed by atoms with Gasteiger partial charge in [-0.25, -0.2) is 9.59 Å². The highest BCUT2D eigenvalue weighted by Gasteiger charge is 2.26. The summed E-state index contributed by atoms with van der Waals surface area (Å²) in [5, 5.41) is 14.0. The van der Waals surface area contributed by atoms with E-state index in [0.717, 1.165) is 35.4 Å². The van der Waals surface area contributed by atoms with Crippen LogP contribution in [0.1, 0.15) is 52.6 Å². The zero-order valence-corrected chi connectivity index (χ0v) is 19.0. The van der Waals surface area contributed by atoms with Crippen molar-refractivity contribution in [2.45, 2.75) is 52.7 Å². The van der Waals surface area contributed by atoms with Crippen molar-refractivity contribution in [2.75, 3.05) is 19.7 Å². The van der Waals surface area contributed by atoms with Crippen LogP contribution in [0.2, 0.25) is 5.02 Å². The van der Waals surface area contributed by atoms with E-state index in [2.05, 4.69) is 5.32 Å². The van der Waals surface area contributed by atoms with E-state index in [0.29, 0.717) is 43.4 Å². The molecule has 0 unspecified atom stereocenters. The van der Waals surface area contributed by atoms with Crippen LogP contribution < -0.4 is 5.32 Å². The lowest BCUT2D eigenvalue weighted by atomic mass is 10.0. The van der Waals surface area contributed by atoms with Crippen molar-refractivity contribution >= 4 is 23.7 Å². The number of rotatable bonds is 7. The van der Waals surface area contributed by atoms with Gasteiger partial charge in [-0.15, -0.1) is 0 Å². The number of aromatic carboxylic acids is 1. The predicted molar refractivity (Wildman–Crippen MR) is 120 cm³/mol. The maximum absolute atomic E-state index is 12.0. The number of ether oxygens (including phenoxy) is 1. The molecule has 1 amide bonds. The number of halogens is 1. The standard InChI is InChI=1S/C23H30ClN3O4/c1-4-31-23(30)26-11-9-19(10-12-26)25-13-20-15(2)27(16(3)21(20)22(28)29)14-17-5-7-18(24)8-6-17/h5-8,19,25H,4,9-14H2,1-3H3,(H,28,29). The highest BCUT2D eigenvalue weighted by atomic mass is 35.5. The first-order chi connectivity index (χ1) is 14.8. The van der Waals surface area contributed by atoms with E-state index in [-0.39, 0.29) is 12.1 Å². The molecule has 1 aliphatic heterocycles. The number of nitrogens with zero attached hydrogens (tertiary/aromatic N) is 2. The second-order valence-electron chi connectivity index (χ2n) is 7.88. The van der Waals surface area contributed by atoms with Gasteiger partial charge in [0.25, 0.3) is 0 Å². The Balaban J connectivity index is 1.70. The number of hydrogen-bond donors (Lipinski definition) is 2.